The summed E-state index contributed by atoms with van der Waals surface area (Å²) in [7, 11) is -2.19. The van der Waals surface area contributed by atoms with Crippen molar-refractivity contribution < 1.29 is 13.2 Å². The number of amides is 1. The Hall–Kier alpha value is -2.25. The lowest BCUT2D eigenvalue weighted by Crippen LogP contribution is -2.24. The fourth-order valence-corrected chi connectivity index (χ4v) is 2.96. The fourth-order valence-electron chi connectivity index (χ4n) is 1.91. The van der Waals surface area contributed by atoms with Crippen molar-refractivity contribution in [2.45, 2.75) is 18.4 Å². The Bertz CT molecular complexity index is 774. The second-order valence-corrected chi connectivity index (χ2v) is 6.51. The van der Waals surface area contributed by atoms with Gasteiger partial charge in [-0.15, -0.1) is 0 Å². The predicted octanol–water partition coefficient (Wildman–Crippen LogP) is 1.23. The highest BCUT2D eigenvalue weighted by Gasteiger charge is 2.17. The highest BCUT2D eigenvalue weighted by Crippen LogP contribution is 2.16. The predicted molar refractivity (Wildman–Crippen MR) is 82.8 cm³/mol. The van der Waals surface area contributed by atoms with Gasteiger partial charge in [-0.3, -0.25) is 9.78 Å². The molecular formula is C15H17N3O3S. The van der Waals surface area contributed by atoms with Gasteiger partial charge in [0.05, 0.1) is 4.90 Å². The highest BCUT2D eigenvalue weighted by molar-refractivity contribution is 7.89. The minimum Gasteiger partial charge on any atom is -0.355 e. The average molecular weight is 319 g/mol. The number of hydrogen-bond acceptors (Lipinski definition) is 4. The molecule has 0 radical (unpaired) electrons. The molecule has 0 fully saturated rings. The molecule has 2 rings (SSSR count). The number of hydrogen-bond donors (Lipinski definition) is 2. The third kappa shape index (κ3) is 3.69. The number of nitrogens with one attached hydrogen (secondary N) is 2. The first-order valence-corrected chi connectivity index (χ1v) is 8.13. The van der Waals surface area contributed by atoms with E-state index in [2.05, 4.69) is 15.0 Å². The zero-order chi connectivity index (χ0) is 16.2. The molecule has 22 heavy (non-hydrogen) atoms. The van der Waals surface area contributed by atoms with E-state index in [4.69, 9.17) is 0 Å². The fraction of sp³-hybridized carbons (Fsp3) is 0.200. The number of pyridine rings is 1. The Labute approximate surface area is 129 Å². The molecule has 2 aromatic rings. The molecule has 0 unspecified atom stereocenters. The zero-order valence-electron chi connectivity index (χ0n) is 12.3. The molecule has 7 heteroatoms. The maximum absolute atomic E-state index is 12.3. The molecule has 0 saturated carbocycles. The first-order valence-electron chi connectivity index (χ1n) is 6.65. The number of carbonyl (C=O) groups is 1. The van der Waals surface area contributed by atoms with E-state index >= 15 is 0 Å². The van der Waals surface area contributed by atoms with Gasteiger partial charge in [0.15, 0.2) is 0 Å². The van der Waals surface area contributed by atoms with Crippen molar-refractivity contribution in [3.63, 3.8) is 0 Å². The van der Waals surface area contributed by atoms with Crippen molar-refractivity contribution in [1.29, 1.82) is 0 Å². The van der Waals surface area contributed by atoms with Gasteiger partial charge in [0.25, 0.3) is 5.91 Å². The van der Waals surface area contributed by atoms with E-state index in [0.717, 1.165) is 5.56 Å². The van der Waals surface area contributed by atoms with Crippen molar-refractivity contribution in [3.05, 3.63) is 59.4 Å². The van der Waals surface area contributed by atoms with Crippen LogP contribution in [-0.4, -0.2) is 26.4 Å². The number of rotatable bonds is 5. The van der Waals surface area contributed by atoms with E-state index in [0.29, 0.717) is 11.1 Å². The monoisotopic (exact) mass is 319 g/mol. The standard InChI is InChI=1S/C15H17N3O3S/c1-11-5-6-13(8-14(11)15(19)16-2)22(20,21)18-10-12-4-3-7-17-9-12/h3-9,18H,10H2,1-2H3,(H,16,19). The van der Waals surface area contributed by atoms with Crippen LogP contribution in [0, 0.1) is 6.92 Å². The van der Waals surface area contributed by atoms with Crippen LogP contribution in [0.5, 0.6) is 0 Å². The summed E-state index contributed by atoms with van der Waals surface area (Å²) in [6.45, 7) is 1.89. The van der Waals surface area contributed by atoms with Gasteiger partial charge in [0.2, 0.25) is 10.0 Å². The van der Waals surface area contributed by atoms with E-state index in [1.165, 1.54) is 19.2 Å². The van der Waals surface area contributed by atoms with E-state index in [1.54, 1.807) is 37.5 Å². The molecule has 0 bridgehead atoms. The van der Waals surface area contributed by atoms with Gasteiger partial charge < -0.3 is 5.32 Å². The van der Waals surface area contributed by atoms with Crippen molar-refractivity contribution in [2.75, 3.05) is 7.05 Å². The SMILES string of the molecule is CNC(=O)c1cc(S(=O)(=O)NCc2cccnc2)ccc1C. The lowest BCUT2D eigenvalue weighted by atomic mass is 10.1. The van der Waals surface area contributed by atoms with Crippen LogP contribution in [0.15, 0.2) is 47.6 Å². The molecule has 1 aromatic heterocycles. The minimum atomic E-state index is -3.70. The third-order valence-electron chi connectivity index (χ3n) is 3.18. The summed E-state index contributed by atoms with van der Waals surface area (Å²) in [5.41, 5.74) is 1.81. The van der Waals surface area contributed by atoms with Crippen molar-refractivity contribution in [1.82, 2.24) is 15.0 Å². The summed E-state index contributed by atoms with van der Waals surface area (Å²) in [6, 6.07) is 7.98. The molecule has 1 heterocycles. The molecule has 1 amide bonds. The van der Waals surface area contributed by atoms with E-state index < -0.39 is 10.0 Å². The number of nitrogens with zero attached hydrogens (tertiary/aromatic N) is 1. The first-order chi connectivity index (χ1) is 10.4. The molecule has 2 N–H and O–H groups in total. The number of sulfonamides is 1. The molecule has 0 saturated heterocycles. The second-order valence-electron chi connectivity index (χ2n) is 4.74. The maximum Gasteiger partial charge on any atom is 0.251 e. The number of aryl methyl sites for hydroxylation is 1. The molecule has 6 nitrogen and oxygen atoms in total. The summed E-state index contributed by atoms with van der Waals surface area (Å²) in [5.74, 6) is -0.318. The maximum atomic E-state index is 12.3. The molecule has 116 valence electrons. The molecule has 0 aliphatic rings. The van der Waals surface area contributed by atoms with Gasteiger partial charge in [-0.05, 0) is 36.2 Å². The van der Waals surface area contributed by atoms with Gasteiger partial charge in [-0.2, -0.15) is 0 Å². The molecular weight excluding hydrogens is 302 g/mol. The zero-order valence-corrected chi connectivity index (χ0v) is 13.1. The summed E-state index contributed by atoms with van der Waals surface area (Å²) in [5, 5.41) is 2.50. The van der Waals surface area contributed by atoms with Crippen LogP contribution in [0.4, 0.5) is 0 Å². The molecule has 0 spiro atoms. The normalized spacial score (nSPS) is 11.2. The van der Waals surface area contributed by atoms with Crippen molar-refractivity contribution in [2.24, 2.45) is 0 Å². The van der Waals surface area contributed by atoms with Crippen molar-refractivity contribution >= 4 is 15.9 Å². The van der Waals surface area contributed by atoms with Crippen molar-refractivity contribution in [3.8, 4) is 0 Å². The Morgan fingerprint density at radius 3 is 2.68 bits per heavy atom. The Morgan fingerprint density at radius 2 is 2.05 bits per heavy atom. The Balaban J connectivity index is 2.24. The van der Waals surface area contributed by atoms with E-state index in [-0.39, 0.29) is 17.3 Å². The van der Waals surface area contributed by atoms with Gasteiger partial charge in [-0.1, -0.05) is 12.1 Å². The van der Waals surface area contributed by atoms with Crippen LogP contribution >= 0.6 is 0 Å². The summed E-state index contributed by atoms with van der Waals surface area (Å²) < 4.78 is 27.1. The summed E-state index contributed by atoms with van der Waals surface area (Å²) in [6.07, 6.45) is 3.21. The first kappa shape index (κ1) is 16.1. The lowest BCUT2D eigenvalue weighted by molar-refractivity contribution is 0.0962. The summed E-state index contributed by atoms with van der Waals surface area (Å²) in [4.78, 5) is 15.7. The average Bonchev–Trinajstić information content (AvgIpc) is 2.53. The topological polar surface area (TPSA) is 88.2 Å². The largest absolute Gasteiger partial charge is 0.355 e. The van der Waals surface area contributed by atoms with E-state index in [9.17, 15) is 13.2 Å². The quantitative estimate of drug-likeness (QED) is 0.867. The van der Waals surface area contributed by atoms with Crippen LogP contribution in [-0.2, 0) is 16.6 Å². The van der Waals surface area contributed by atoms with Crippen LogP contribution in [0.25, 0.3) is 0 Å². The molecule has 0 atom stereocenters. The van der Waals surface area contributed by atoms with Gasteiger partial charge in [0, 0.05) is 31.5 Å². The molecule has 0 aliphatic heterocycles. The van der Waals surface area contributed by atoms with Gasteiger partial charge in [-0.25, -0.2) is 13.1 Å². The number of benzene rings is 1. The van der Waals surface area contributed by atoms with E-state index in [1.807, 2.05) is 0 Å². The highest BCUT2D eigenvalue weighted by atomic mass is 32.2. The third-order valence-corrected chi connectivity index (χ3v) is 4.58. The van der Waals surface area contributed by atoms with Gasteiger partial charge >= 0.3 is 0 Å². The summed E-state index contributed by atoms with van der Waals surface area (Å²) >= 11 is 0. The van der Waals surface area contributed by atoms with Gasteiger partial charge in [0.1, 0.15) is 0 Å². The van der Waals surface area contributed by atoms with Crippen LogP contribution in [0.1, 0.15) is 21.5 Å². The Morgan fingerprint density at radius 1 is 1.27 bits per heavy atom. The second kappa shape index (κ2) is 6.67. The molecule has 1 aromatic carbocycles. The molecule has 0 aliphatic carbocycles. The minimum absolute atomic E-state index is 0.0561. The number of aromatic nitrogens is 1. The van der Waals surface area contributed by atoms with Crippen LogP contribution < -0.4 is 10.0 Å². The van der Waals surface area contributed by atoms with Crippen LogP contribution in [0.2, 0.25) is 0 Å². The lowest BCUT2D eigenvalue weighted by Gasteiger charge is -2.10. The smallest absolute Gasteiger partial charge is 0.251 e. The number of carbonyl (C=O) groups excluding carboxylic acids is 1. The van der Waals surface area contributed by atoms with Crippen LogP contribution in [0.3, 0.4) is 0 Å². The Kier molecular flexibility index (Phi) is 4.89.